The number of H-pyrrole nitrogens is 2. The van der Waals surface area contributed by atoms with Gasteiger partial charge in [0.2, 0.25) is 53.2 Å². The summed E-state index contributed by atoms with van der Waals surface area (Å²) >= 11 is 0. The van der Waals surface area contributed by atoms with E-state index in [1.165, 1.54) is 19.4 Å². The van der Waals surface area contributed by atoms with Crippen molar-refractivity contribution in [1.82, 2.24) is 57.5 Å². The largest absolute Gasteiger partial charge is 0.370 e. The third kappa shape index (κ3) is 17.6. The fraction of sp³-hybridized carbons (Fsp3) is 0.415. The van der Waals surface area contributed by atoms with E-state index in [0.717, 1.165) is 21.7 Å². The zero-order valence-corrected chi connectivity index (χ0v) is 43.4. The van der Waals surface area contributed by atoms with Crippen molar-refractivity contribution in [3.05, 3.63) is 102 Å². The van der Waals surface area contributed by atoms with Crippen molar-refractivity contribution in [3.63, 3.8) is 0 Å². The van der Waals surface area contributed by atoms with Gasteiger partial charge in [-0.3, -0.25) is 48.1 Å². The second-order valence-corrected chi connectivity index (χ2v) is 19.2. The number of hydrogen-bond donors (Lipinski definition) is 14. The lowest BCUT2D eigenvalue weighted by molar-refractivity contribution is -0.136. The minimum absolute atomic E-state index is 0.0276. The molecule has 1 aliphatic heterocycles. The van der Waals surface area contributed by atoms with E-state index < -0.39 is 102 Å². The summed E-state index contributed by atoms with van der Waals surface area (Å²) in [4.78, 5) is 140. The molecule has 0 bridgehead atoms. The lowest BCUT2D eigenvalue weighted by Crippen LogP contribution is -2.61. The molecule has 1 fully saturated rings. The smallest absolute Gasteiger partial charge is 0.243 e. The minimum Gasteiger partial charge on any atom is -0.370 e. The van der Waals surface area contributed by atoms with Crippen LogP contribution in [0.4, 0.5) is 0 Å². The second-order valence-electron chi connectivity index (χ2n) is 19.2. The first-order valence-corrected chi connectivity index (χ1v) is 25.9. The summed E-state index contributed by atoms with van der Waals surface area (Å²) in [6.45, 7) is 1.48. The quantitative estimate of drug-likeness (QED) is 0.0286. The standard InChI is InChI=1S/C53H70N16O9/c1-30(70)63-39(15-8-19-54)47(73)69-44-26-45(71)59-20-7-6-14-38(46(55)72)64-50(76)42(24-34-27-61-37-13-5-4-12-36(34)37)67-48(74)40(16-9-21-60-53(56)57)65-49(75)41(23-31-17-18-32-10-2-3-11-33(32)22-31)66-51(77)43(68-52(44)78)25-35-28-58-29-62-35/h2-5,10-13,17-18,22,27-29,38-44,61H,6-9,14-16,19-21,23-26,54H2,1H3,(H2,55,72)(H,58,62)(H,59,71)(H,63,70)(H,64,76)(H,65,75)(H,66,77)(H,67,74)(H,68,78)(H,69,73)(H4,56,57,60)/t38-,39+,40-,41+,42-,43-,44-/m0/s1. The Morgan fingerprint density at radius 3 is 2.12 bits per heavy atom. The maximum Gasteiger partial charge on any atom is 0.243 e. The van der Waals surface area contributed by atoms with E-state index in [1.54, 1.807) is 12.3 Å². The molecule has 78 heavy (non-hydrogen) atoms. The molecule has 6 rings (SSSR count). The molecule has 0 unspecified atom stereocenters. The van der Waals surface area contributed by atoms with Crippen LogP contribution < -0.4 is 65.5 Å². The Morgan fingerprint density at radius 1 is 0.744 bits per heavy atom. The van der Waals surface area contributed by atoms with Gasteiger partial charge in [0.15, 0.2) is 5.96 Å². The van der Waals surface area contributed by atoms with E-state index >= 15 is 0 Å². The van der Waals surface area contributed by atoms with Gasteiger partial charge in [0, 0.05) is 68.3 Å². The van der Waals surface area contributed by atoms with Crippen LogP contribution in [0, 0.1) is 0 Å². The fourth-order valence-electron chi connectivity index (χ4n) is 9.06. The van der Waals surface area contributed by atoms with Crippen molar-refractivity contribution in [2.45, 2.75) is 120 Å². The van der Waals surface area contributed by atoms with Gasteiger partial charge < -0.3 is 75.4 Å². The summed E-state index contributed by atoms with van der Waals surface area (Å²) in [6.07, 6.45) is 4.50. The van der Waals surface area contributed by atoms with Gasteiger partial charge >= 0.3 is 0 Å². The molecule has 416 valence electrons. The molecule has 25 nitrogen and oxygen atoms in total. The van der Waals surface area contributed by atoms with Gasteiger partial charge in [-0.15, -0.1) is 0 Å². The molecule has 9 amide bonds. The lowest BCUT2D eigenvalue weighted by Gasteiger charge is -2.28. The first-order valence-electron chi connectivity index (χ1n) is 25.9. The highest BCUT2D eigenvalue weighted by Crippen LogP contribution is 2.21. The number of nitrogens with one attached hydrogen (secondary N) is 10. The number of amides is 9. The number of aliphatic imine (C=N–C) groups is 1. The Morgan fingerprint density at radius 2 is 1.41 bits per heavy atom. The highest BCUT2D eigenvalue weighted by molar-refractivity contribution is 5.99. The molecule has 0 aliphatic carbocycles. The van der Waals surface area contributed by atoms with Crippen LogP contribution in [0.2, 0.25) is 0 Å². The Kier molecular flexibility index (Phi) is 21.6. The molecule has 18 N–H and O–H groups in total. The molecule has 25 heteroatoms. The van der Waals surface area contributed by atoms with Crippen LogP contribution in [0.5, 0.6) is 0 Å². The van der Waals surface area contributed by atoms with Crippen molar-refractivity contribution in [2.75, 3.05) is 19.6 Å². The molecule has 3 aromatic carbocycles. The number of guanidine groups is 1. The van der Waals surface area contributed by atoms with Gasteiger partial charge in [-0.25, -0.2) is 4.98 Å². The van der Waals surface area contributed by atoms with Crippen LogP contribution in [0.1, 0.15) is 75.1 Å². The van der Waals surface area contributed by atoms with E-state index in [0.29, 0.717) is 23.2 Å². The zero-order chi connectivity index (χ0) is 56.1. The molecule has 0 saturated carbocycles. The average molecular weight is 1080 g/mol. The summed E-state index contributed by atoms with van der Waals surface area (Å²) in [5.41, 5.74) is 25.2. The van der Waals surface area contributed by atoms with Crippen molar-refractivity contribution < 1.29 is 43.2 Å². The van der Waals surface area contributed by atoms with E-state index in [9.17, 15) is 43.2 Å². The summed E-state index contributed by atoms with van der Waals surface area (Å²) in [5.74, 6) is -7.31. The monoisotopic (exact) mass is 1070 g/mol. The van der Waals surface area contributed by atoms with Crippen molar-refractivity contribution in [1.29, 1.82) is 0 Å². The van der Waals surface area contributed by atoms with Crippen LogP contribution in [0.25, 0.3) is 21.7 Å². The predicted octanol–water partition coefficient (Wildman–Crippen LogP) is -1.55. The number of fused-ring (bicyclic) bond motifs is 2. The fourth-order valence-corrected chi connectivity index (χ4v) is 9.06. The topological polar surface area (TPSA) is 411 Å². The zero-order valence-electron chi connectivity index (χ0n) is 43.4. The van der Waals surface area contributed by atoms with Crippen LogP contribution in [-0.4, -0.2) is 136 Å². The number of aromatic nitrogens is 3. The molecule has 0 radical (unpaired) electrons. The molecule has 1 saturated heterocycles. The van der Waals surface area contributed by atoms with Crippen molar-refractivity contribution in [3.8, 4) is 0 Å². The van der Waals surface area contributed by atoms with Gasteiger partial charge in [-0.2, -0.15) is 0 Å². The third-order valence-corrected chi connectivity index (χ3v) is 13.1. The molecule has 3 heterocycles. The number of benzene rings is 3. The molecule has 2 aromatic heterocycles. The highest BCUT2D eigenvalue weighted by Gasteiger charge is 2.35. The second kappa shape index (κ2) is 28.9. The number of para-hydroxylation sites is 1. The van der Waals surface area contributed by atoms with Crippen LogP contribution in [0.15, 0.2) is 90.4 Å². The summed E-state index contributed by atoms with van der Waals surface area (Å²) in [5, 5.41) is 24.1. The van der Waals surface area contributed by atoms with E-state index in [4.69, 9.17) is 22.9 Å². The number of nitrogens with zero attached hydrogens (tertiary/aromatic N) is 2. The Balaban J connectivity index is 1.41. The summed E-state index contributed by atoms with van der Waals surface area (Å²) in [7, 11) is 0. The predicted molar refractivity (Wildman–Crippen MR) is 290 cm³/mol. The highest BCUT2D eigenvalue weighted by atomic mass is 16.2. The number of aromatic amines is 2. The third-order valence-electron chi connectivity index (χ3n) is 13.1. The molecule has 0 spiro atoms. The Hall–Kier alpha value is -8.87. The number of nitrogens with two attached hydrogens (primary N) is 4. The number of imidazole rings is 1. The van der Waals surface area contributed by atoms with Crippen LogP contribution >= 0.6 is 0 Å². The van der Waals surface area contributed by atoms with Gasteiger partial charge in [0.05, 0.1) is 12.7 Å². The van der Waals surface area contributed by atoms with Gasteiger partial charge in [0.25, 0.3) is 0 Å². The van der Waals surface area contributed by atoms with Gasteiger partial charge in [-0.1, -0.05) is 60.7 Å². The first-order chi connectivity index (χ1) is 37.5. The maximum atomic E-state index is 14.9. The summed E-state index contributed by atoms with van der Waals surface area (Å²) in [6, 6.07) is 10.7. The minimum atomic E-state index is -1.62. The number of hydrogen-bond acceptors (Lipinski definition) is 12. The van der Waals surface area contributed by atoms with Crippen LogP contribution in [0.3, 0.4) is 0 Å². The number of primary amides is 1. The SMILES string of the molecule is CC(=O)N[C@H](CCCN)C(=O)N[C@H]1CC(=O)NCCCC[C@@H](C(N)=O)NC(=O)[C@H](Cc2c[nH]c3ccccc23)NC(=O)[C@H](CCCN=C(N)N)NC(=O)[C@@H](Cc2ccc3ccccc3c2)NC(=O)[C@H](Cc2cnc[nH]2)NC1=O. The van der Waals surface area contributed by atoms with E-state index in [1.807, 2.05) is 60.7 Å². The molecular weight excluding hydrogens is 1000 g/mol. The van der Waals surface area contributed by atoms with Gasteiger partial charge in [-0.05, 0) is 79.5 Å². The van der Waals surface area contributed by atoms with Crippen LogP contribution in [-0.2, 0) is 62.4 Å². The van der Waals surface area contributed by atoms with E-state index in [-0.39, 0.29) is 83.4 Å². The van der Waals surface area contributed by atoms with E-state index in [2.05, 4.69) is 62.5 Å². The van der Waals surface area contributed by atoms with Crippen molar-refractivity contribution >= 4 is 80.8 Å². The lowest BCUT2D eigenvalue weighted by atomic mass is 9.99. The van der Waals surface area contributed by atoms with Crippen molar-refractivity contribution in [2.24, 2.45) is 27.9 Å². The molecule has 5 aromatic rings. The molecular formula is C53H70N16O9. The Bertz CT molecular complexity index is 2940. The first kappa shape index (κ1) is 58.4. The summed E-state index contributed by atoms with van der Waals surface area (Å²) < 4.78 is 0. The number of carbonyl (C=O) groups excluding carboxylic acids is 9. The number of carbonyl (C=O) groups is 9. The normalized spacial score (nSPS) is 20.9. The van der Waals surface area contributed by atoms with Gasteiger partial charge in [0.1, 0.15) is 42.3 Å². The Labute approximate surface area is 449 Å². The number of rotatable bonds is 17. The molecule has 7 atom stereocenters. The molecule has 1 aliphatic rings. The average Bonchev–Trinajstić information content (AvgIpc) is 4.10. The maximum absolute atomic E-state index is 14.9.